The third kappa shape index (κ3) is 5.38. The third-order valence-corrected chi connectivity index (χ3v) is 3.06. The first-order chi connectivity index (χ1) is 11.3. The van der Waals surface area contributed by atoms with Gasteiger partial charge in [0, 0.05) is 24.6 Å². The molecule has 0 fully saturated rings. The largest absolute Gasteiger partial charge is 0.416 e. The molecule has 0 bridgehead atoms. The molecule has 0 atom stereocenters. The highest BCUT2D eigenvalue weighted by atomic mass is 19.4. The first-order valence-corrected chi connectivity index (χ1v) is 6.97. The normalized spacial score (nSPS) is 11.0. The molecule has 0 aliphatic carbocycles. The summed E-state index contributed by atoms with van der Waals surface area (Å²) in [5.74, 6) is -1.10. The number of alkyl halides is 3. The lowest BCUT2D eigenvalue weighted by atomic mass is 10.2. The smallest absolute Gasteiger partial charge is 0.352 e. The number of hydrogen-bond donors (Lipinski definition) is 2. The highest BCUT2D eigenvalue weighted by molar-refractivity contribution is 6.03. The summed E-state index contributed by atoms with van der Waals surface area (Å²) in [6.45, 7) is 0.259. The predicted molar refractivity (Wildman–Crippen MR) is 80.8 cm³/mol. The summed E-state index contributed by atoms with van der Waals surface area (Å²) < 4.78 is 37.3. The van der Waals surface area contributed by atoms with Crippen LogP contribution in [0.25, 0.3) is 0 Å². The van der Waals surface area contributed by atoms with E-state index in [1.54, 1.807) is 24.5 Å². The summed E-state index contributed by atoms with van der Waals surface area (Å²) in [5.41, 5.74) is 0.215. The minimum Gasteiger partial charge on any atom is -0.352 e. The number of pyridine rings is 1. The molecule has 0 aliphatic heterocycles. The van der Waals surface area contributed by atoms with Crippen LogP contribution >= 0.6 is 0 Å². The molecule has 24 heavy (non-hydrogen) atoms. The van der Waals surface area contributed by atoms with Gasteiger partial charge < -0.3 is 10.6 Å². The number of rotatable bonds is 5. The second-order valence-electron chi connectivity index (χ2n) is 4.93. The number of benzene rings is 1. The molecule has 2 aromatic rings. The monoisotopic (exact) mass is 337 g/mol. The molecular formula is C16H14F3N3O2. The maximum absolute atomic E-state index is 12.4. The van der Waals surface area contributed by atoms with E-state index in [9.17, 15) is 22.8 Å². The molecule has 0 radical (unpaired) electrons. The summed E-state index contributed by atoms with van der Waals surface area (Å²) in [4.78, 5) is 27.2. The molecule has 8 heteroatoms. The molecule has 2 N–H and O–H groups in total. The van der Waals surface area contributed by atoms with Crippen molar-refractivity contribution in [3.63, 3.8) is 0 Å². The summed E-state index contributed by atoms with van der Waals surface area (Å²) in [6, 6.07) is 7.44. The Morgan fingerprint density at radius 2 is 1.58 bits per heavy atom. The van der Waals surface area contributed by atoms with Crippen molar-refractivity contribution in [1.29, 1.82) is 0 Å². The van der Waals surface area contributed by atoms with E-state index in [1.165, 1.54) is 0 Å². The topological polar surface area (TPSA) is 71.1 Å². The SMILES string of the molecule is O=C(CC(=O)Nc1ccc(C(F)(F)F)cc1)NCc1ccncc1. The summed E-state index contributed by atoms with van der Waals surface area (Å²) in [5, 5.41) is 4.94. The van der Waals surface area contributed by atoms with Gasteiger partial charge in [0.25, 0.3) is 0 Å². The lowest BCUT2D eigenvalue weighted by Gasteiger charge is -2.09. The van der Waals surface area contributed by atoms with E-state index in [1.807, 2.05) is 0 Å². The van der Waals surface area contributed by atoms with Crippen LogP contribution in [0, 0.1) is 0 Å². The Morgan fingerprint density at radius 1 is 0.958 bits per heavy atom. The Morgan fingerprint density at radius 3 is 2.17 bits per heavy atom. The van der Waals surface area contributed by atoms with Crippen molar-refractivity contribution >= 4 is 17.5 Å². The quantitative estimate of drug-likeness (QED) is 0.824. The number of carbonyl (C=O) groups excluding carboxylic acids is 2. The van der Waals surface area contributed by atoms with Gasteiger partial charge in [-0.3, -0.25) is 14.6 Å². The zero-order valence-electron chi connectivity index (χ0n) is 12.4. The summed E-state index contributed by atoms with van der Waals surface area (Å²) in [6.07, 6.45) is -1.70. The van der Waals surface area contributed by atoms with Gasteiger partial charge in [-0.25, -0.2) is 0 Å². The lowest BCUT2D eigenvalue weighted by Crippen LogP contribution is -2.27. The maximum atomic E-state index is 12.4. The molecular weight excluding hydrogens is 323 g/mol. The Labute approximate surface area is 135 Å². The Balaban J connectivity index is 1.81. The average Bonchev–Trinajstić information content (AvgIpc) is 2.53. The lowest BCUT2D eigenvalue weighted by molar-refractivity contribution is -0.137. The van der Waals surface area contributed by atoms with Crippen molar-refractivity contribution < 1.29 is 22.8 Å². The van der Waals surface area contributed by atoms with Crippen molar-refractivity contribution in [3.05, 3.63) is 59.9 Å². The van der Waals surface area contributed by atoms with Crippen LogP contribution in [0.3, 0.4) is 0 Å². The fraction of sp³-hybridized carbons (Fsp3) is 0.188. The molecule has 2 rings (SSSR count). The Kier molecular flexibility index (Phi) is 5.51. The molecule has 0 unspecified atom stereocenters. The molecule has 0 aliphatic rings. The molecule has 0 saturated heterocycles. The Hall–Kier alpha value is -2.90. The van der Waals surface area contributed by atoms with Crippen molar-refractivity contribution in [2.75, 3.05) is 5.32 Å². The molecule has 0 saturated carbocycles. The van der Waals surface area contributed by atoms with Crippen LogP contribution < -0.4 is 10.6 Å². The number of aromatic nitrogens is 1. The molecule has 1 heterocycles. The fourth-order valence-corrected chi connectivity index (χ4v) is 1.86. The van der Waals surface area contributed by atoms with Crippen LogP contribution in [-0.4, -0.2) is 16.8 Å². The molecule has 5 nitrogen and oxygen atoms in total. The van der Waals surface area contributed by atoms with Crippen LogP contribution in [0.5, 0.6) is 0 Å². The zero-order chi connectivity index (χ0) is 17.6. The average molecular weight is 337 g/mol. The van der Waals surface area contributed by atoms with Crippen molar-refractivity contribution in [2.45, 2.75) is 19.1 Å². The highest BCUT2D eigenvalue weighted by Gasteiger charge is 2.29. The first-order valence-electron chi connectivity index (χ1n) is 6.97. The van der Waals surface area contributed by atoms with E-state index < -0.39 is 30.0 Å². The minimum absolute atomic E-state index is 0.190. The van der Waals surface area contributed by atoms with Gasteiger partial charge in [-0.05, 0) is 42.0 Å². The number of carbonyl (C=O) groups is 2. The molecule has 2 amide bonds. The van der Waals surface area contributed by atoms with E-state index in [4.69, 9.17) is 0 Å². The fourth-order valence-electron chi connectivity index (χ4n) is 1.86. The zero-order valence-corrected chi connectivity index (χ0v) is 12.4. The molecule has 1 aromatic carbocycles. The van der Waals surface area contributed by atoms with Crippen LogP contribution in [-0.2, 0) is 22.3 Å². The van der Waals surface area contributed by atoms with Crippen molar-refractivity contribution in [1.82, 2.24) is 10.3 Å². The molecule has 1 aromatic heterocycles. The number of nitrogens with one attached hydrogen (secondary N) is 2. The third-order valence-electron chi connectivity index (χ3n) is 3.06. The standard InChI is InChI=1S/C16H14F3N3O2/c17-16(18,19)12-1-3-13(4-2-12)22-15(24)9-14(23)21-10-11-5-7-20-8-6-11/h1-8H,9-10H2,(H,21,23)(H,22,24). The number of hydrogen-bond acceptors (Lipinski definition) is 3. The van der Waals surface area contributed by atoms with Gasteiger partial charge in [0.2, 0.25) is 11.8 Å². The highest BCUT2D eigenvalue weighted by Crippen LogP contribution is 2.29. The Bertz CT molecular complexity index is 701. The maximum Gasteiger partial charge on any atom is 0.416 e. The second kappa shape index (κ2) is 7.58. The van der Waals surface area contributed by atoms with Gasteiger partial charge >= 0.3 is 6.18 Å². The van der Waals surface area contributed by atoms with Crippen LogP contribution in [0.4, 0.5) is 18.9 Å². The number of anilines is 1. The van der Waals surface area contributed by atoms with Crippen LogP contribution in [0.15, 0.2) is 48.8 Å². The minimum atomic E-state index is -4.44. The number of halogens is 3. The second-order valence-corrected chi connectivity index (χ2v) is 4.93. The van der Waals surface area contributed by atoms with Crippen LogP contribution in [0.1, 0.15) is 17.5 Å². The van der Waals surface area contributed by atoms with Gasteiger partial charge in [-0.1, -0.05) is 0 Å². The van der Waals surface area contributed by atoms with Gasteiger partial charge in [0.1, 0.15) is 6.42 Å². The number of nitrogens with zero attached hydrogens (tertiary/aromatic N) is 1. The summed E-state index contributed by atoms with van der Waals surface area (Å²) in [7, 11) is 0. The number of amides is 2. The van der Waals surface area contributed by atoms with Gasteiger partial charge in [-0.2, -0.15) is 13.2 Å². The molecule has 0 spiro atoms. The van der Waals surface area contributed by atoms with Gasteiger partial charge in [-0.15, -0.1) is 0 Å². The van der Waals surface area contributed by atoms with E-state index in [-0.39, 0.29) is 12.2 Å². The van der Waals surface area contributed by atoms with Crippen molar-refractivity contribution in [2.24, 2.45) is 0 Å². The van der Waals surface area contributed by atoms with Crippen molar-refractivity contribution in [3.8, 4) is 0 Å². The molecule has 126 valence electrons. The summed E-state index contributed by atoms with van der Waals surface area (Å²) >= 11 is 0. The predicted octanol–water partition coefficient (Wildman–Crippen LogP) is 2.75. The van der Waals surface area contributed by atoms with Gasteiger partial charge in [0.05, 0.1) is 5.56 Å². The van der Waals surface area contributed by atoms with E-state index in [0.29, 0.717) is 0 Å². The van der Waals surface area contributed by atoms with E-state index >= 15 is 0 Å². The van der Waals surface area contributed by atoms with Crippen LogP contribution in [0.2, 0.25) is 0 Å². The van der Waals surface area contributed by atoms with E-state index in [2.05, 4.69) is 15.6 Å². The first kappa shape index (κ1) is 17.5. The van der Waals surface area contributed by atoms with Gasteiger partial charge in [0.15, 0.2) is 0 Å². The van der Waals surface area contributed by atoms with E-state index in [0.717, 1.165) is 29.8 Å².